The van der Waals surface area contributed by atoms with Gasteiger partial charge < -0.3 is 16.0 Å². The van der Waals surface area contributed by atoms with E-state index in [1.165, 1.54) is 39.1 Å². The number of rotatable bonds is 13. The lowest BCUT2D eigenvalue weighted by Gasteiger charge is -2.25. The molecule has 3 N–H and O–H groups in total. The first kappa shape index (κ1) is 27.9. The number of hydrogen-bond acceptors (Lipinski definition) is 3. The molecule has 186 valence electrons. The number of hydrogen-bond donors (Lipinski definition) is 2. The largest absolute Gasteiger partial charge is 0.371 e. The highest BCUT2D eigenvalue weighted by Gasteiger charge is 2.18. The molecule has 0 bridgehead atoms. The molecule has 2 rings (SSSR count). The van der Waals surface area contributed by atoms with Crippen LogP contribution >= 0.6 is 0 Å². The van der Waals surface area contributed by atoms with Crippen LogP contribution in [0.25, 0.3) is 5.57 Å². The SMILES string of the molecule is C\C=C/C(=C\C)C(/CCCN)=C(/C1=CC=C(C)CC1)c1ccc(N(CC)CCNC(C)C)cc1. The number of nitrogens with one attached hydrogen (secondary N) is 1. The molecule has 1 aromatic carbocycles. The van der Waals surface area contributed by atoms with Crippen LogP contribution in [-0.2, 0) is 0 Å². The maximum absolute atomic E-state index is 5.96. The third-order valence-electron chi connectivity index (χ3n) is 6.45. The third kappa shape index (κ3) is 8.14. The average molecular weight is 462 g/mol. The fourth-order valence-electron chi connectivity index (χ4n) is 4.54. The van der Waals surface area contributed by atoms with Crippen molar-refractivity contribution in [2.75, 3.05) is 31.1 Å². The molecule has 1 aliphatic rings. The molecule has 1 aromatic rings. The average Bonchev–Trinajstić information content (AvgIpc) is 2.84. The van der Waals surface area contributed by atoms with Gasteiger partial charge in [-0.25, -0.2) is 0 Å². The number of anilines is 1. The van der Waals surface area contributed by atoms with E-state index in [0.717, 1.165) is 45.3 Å². The van der Waals surface area contributed by atoms with Crippen LogP contribution in [0.4, 0.5) is 5.69 Å². The Bertz CT molecular complexity index is 911. The fraction of sp³-hybridized carbons (Fsp3) is 0.484. The predicted octanol–water partition coefficient (Wildman–Crippen LogP) is 7.19. The van der Waals surface area contributed by atoms with E-state index in [-0.39, 0.29) is 0 Å². The number of nitrogens with two attached hydrogens (primary N) is 1. The second-order valence-corrected chi connectivity index (χ2v) is 9.43. The molecule has 0 unspecified atom stereocenters. The molecule has 34 heavy (non-hydrogen) atoms. The lowest BCUT2D eigenvalue weighted by Crippen LogP contribution is -2.34. The standard InChI is InChI=1S/C31H47N3/c1-7-11-26(8-2)30(12-10-21-32)31(27-15-13-25(6)14-16-27)28-17-19-29(20-18-28)34(9-3)23-22-33-24(4)5/h7-8,11,13,15,17-20,24,33H,9-10,12,14,16,21-23,32H2,1-6H3/b11-7-,26-8+,31-30-. The third-order valence-corrected chi connectivity index (χ3v) is 6.45. The van der Waals surface area contributed by atoms with E-state index < -0.39 is 0 Å². The molecule has 0 fully saturated rings. The zero-order valence-corrected chi connectivity index (χ0v) is 22.5. The van der Waals surface area contributed by atoms with Crippen LogP contribution in [0.5, 0.6) is 0 Å². The summed E-state index contributed by atoms with van der Waals surface area (Å²) in [6, 6.07) is 9.75. The molecule has 0 spiro atoms. The van der Waals surface area contributed by atoms with E-state index in [1.54, 1.807) is 0 Å². The molecule has 3 heteroatoms. The van der Waals surface area contributed by atoms with E-state index in [9.17, 15) is 0 Å². The van der Waals surface area contributed by atoms with Crippen molar-refractivity contribution in [3.63, 3.8) is 0 Å². The van der Waals surface area contributed by atoms with E-state index in [1.807, 2.05) is 0 Å². The molecule has 3 nitrogen and oxygen atoms in total. The van der Waals surface area contributed by atoms with Crippen LogP contribution in [0.2, 0.25) is 0 Å². The molecule has 1 aliphatic carbocycles. The summed E-state index contributed by atoms with van der Waals surface area (Å²) in [5, 5.41) is 3.54. The van der Waals surface area contributed by atoms with E-state index >= 15 is 0 Å². The first-order chi connectivity index (χ1) is 16.4. The van der Waals surface area contributed by atoms with Crippen molar-refractivity contribution >= 4 is 11.3 Å². The van der Waals surface area contributed by atoms with Crippen LogP contribution in [0, 0.1) is 0 Å². The van der Waals surface area contributed by atoms with Gasteiger partial charge in [-0.2, -0.15) is 0 Å². The zero-order valence-electron chi connectivity index (χ0n) is 22.5. The summed E-state index contributed by atoms with van der Waals surface area (Å²) < 4.78 is 0. The number of benzene rings is 1. The van der Waals surface area contributed by atoms with Gasteiger partial charge in [0.1, 0.15) is 0 Å². The second kappa shape index (κ2) is 14.8. The van der Waals surface area contributed by atoms with Crippen molar-refractivity contribution in [1.29, 1.82) is 0 Å². The lowest BCUT2D eigenvalue weighted by atomic mass is 9.83. The molecule has 0 saturated carbocycles. The smallest absolute Gasteiger partial charge is 0.0366 e. The quantitative estimate of drug-likeness (QED) is 0.305. The number of likely N-dealkylation sites (N-methyl/N-ethyl adjacent to an activating group) is 1. The van der Waals surface area contributed by atoms with Crippen molar-refractivity contribution in [2.24, 2.45) is 5.73 Å². The van der Waals surface area contributed by atoms with Crippen LogP contribution in [0.1, 0.15) is 72.8 Å². The van der Waals surface area contributed by atoms with Gasteiger partial charge in [-0.15, -0.1) is 0 Å². The minimum Gasteiger partial charge on any atom is -0.371 e. The molecule has 0 aromatic heterocycles. The maximum atomic E-state index is 5.96. The van der Waals surface area contributed by atoms with E-state index in [4.69, 9.17) is 5.73 Å². The van der Waals surface area contributed by atoms with Gasteiger partial charge in [0.2, 0.25) is 0 Å². The van der Waals surface area contributed by atoms with Crippen LogP contribution in [-0.4, -0.2) is 32.2 Å². The van der Waals surface area contributed by atoms with Gasteiger partial charge in [-0.1, -0.05) is 61.9 Å². The minimum atomic E-state index is 0.514. The predicted molar refractivity (Wildman–Crippen MR) is 152 cm³/mol. The normalized spacial score (nSPS) is 15.5. The van der Waals surface area contributed by atoms with Crippen LogP contribution in [0.15, 0.2) is 76.9 Å². The summed E-state index contributed by atoms with van der Waals surface area (Å²) in [5.74, 6) is 0. The lowest BCUT2D eigenvalue weighted by molar-refractivity contribution is 0.583. The van der Waals surface area contributed by atoms with Crippen molar-refractivity contribution in [3.8, 4) is 0 Å². The van der Waals surface area contributed by atoms with Gasteiger partial charge in [0.05, 0.1) is 0 Å². The monoisotopic (exact) mass is 461 g/mol. The summed E-state index contributed by atoms with van der Waals surface area (Å²) >= 11 is 0. The van der Waals surface area contributed by atoms with Crippen molar-refractivity contribution < 1.29 is 0 Å². The molecule has 0 saturated heterocycles. The Balaban J connectivity index is 2.53. The van der Waals surface area contributed by atoms with Gasteiger partial charge >= 0.3 is 0 Å². The summed E-state index contributed by atoms with van der Waals surface area (Å²) in [4.78, 5) is 2.45. The molecular weight excluding hydrogens is 414 g/mol. The fourth-order valence-corrected chi connectivity index (χ4v) is 4.54. The Hall–Kier alpha value is -2.36. The first-order valence-corrected chi connectivity index (χ1v) is 13.1. The van der Waals surface area contributed by atoms with Crippen molar-refractivity contribution in [1.82, 2.24) is 5.32 Å². The topological polar surface area (TPSA) is 41.3 Å². The van der Waals surface area contributed by atoms with Gasteiger partial charge in [-0.3, -0.25) is 0 Å². The summed E-state index contributed by atoms with van der Waals surface area (Å²) in [5.41, 5.74) is 15.5. The van der Waals surface area contributed by atoms with E-state index in [2.05, 4.69) is 106 Å². The Kier molecular flexibility index (Phi) is 12.1. The highest BCUT2D eigenvalue weighted by molar-refractivity contribution is 5.85. The highest BCUT2D eigenvalue weighted by atomic mass is 15.1. The van der Waals surface area contributed by atoms with Crippen molar-refractivity contribution in [3.05, 3.63) is 82.5 Å². The zero-order chi connectivity index (χ0) is 24.9. The Labute approximate surface area is 209 Å². The van der Waals surface area contributed by atoms with Gasteiger partial charge in [0.15, 0.2) is 0 Å². The Morgan fingerprint density at radius 2 is 1.85 bits per heavy atom. The number of allylic oxidation sites excluding steroid dienone is 10. The van der Waals surface area contributed by atoms with Gasteiger partial charge in [0, 0.05) is 31.4 Å². The Morgan fingerprint density at radius 1 is 1.12 bits per heavy atom. The van der Waals surface area contributed by atoms with Crippen LogP contribution in [0.3, 0.4) is 0 Å². The van der Waals surface area contributed by atoms with Gasteiger partial charge in [-0.05, 0) is 99.9 Å². The van der Waals surface area contributed by atoms with Gasteiger partial charge in [0.25, 0.3) is 0 Å². The minimum absolute atomic E-state index is 0.514. The van der Waals surface area contributed by atoms with Crippen LogP contribution < -0.4 is 16.0 Å². The Morgan fingerprint density at radius 3 is 2.38 bits per heavy atom. The summed E-state index contributed by atoms with van der Waals surface area (Å²) in [6.45, 7) is 16.8. The summed E-state index contributed by atoms with van der Waals surface area (Å²) in [6.07, 6.45) is 15.4. The number of nitrogens with zero attached hydrogens (tertiary/aromatic N) is 1. The maximum Gasteiger partial charge on any atom is 0.0366 e. The molecule has 0 atom stereocenters. The second-order valence-electron chi connectivity index (χ2n) is 9.43. The van der Waals surface area contributed by atoms with E-state index in [0.29, 0.717) is 12.6 Å². The summed E-state index contributed by atoms with van der Waals surface area (Å²) in [7, 11) is 0. The molecule has 0 radical (unpaired) electrons. The van der Waals surface area contributed by atoms with Crippen molar-refractivity contribution in [2.45, 2.75) is 73.3 Å². The highest BCUT2D eigenvalue weighted by Crippen LogP contribution is 2.38. The first-order valence-electron chi connectivity index (χ1n) is 13.1. The molecular formula is C31H47N3. The molecule has 0 heterocycles. The molecule has 0 amide bonds. The molecule has 0 aliphatic heterocycles.